The lowest BCUT2D eigenvalue weighted by Crippen LogP contribution is -2.26. The number of carboxylic acid groups (broad SMARTS) is 1. The van der Waals surface area contributed by atoms with Crippen molar-refractivity contribution in [3.05, 3.63) is 12.2 Å². The summed E-state index contributed by atoms with van der Waals surface area (Å²) in [6, 6.07) is 0. The Morgan fingerprint density at radius 3 is 2.71 bits per heavy atom. The highest BCUT2D eigenvalue weighted by Crippen LogP contribution is 1.97. The van der Waals surface area contributed by atoms with Crippen molar-refractivity contribution >= 4 is 23.6 Å². The molecule has 0 aliphatic carbocycles. The van der Waals surface area contributed by atoms with E-state index in [9.17, 15) is 9.59 Å². The van der Waals surface area contributed by atoms with Gasteiger partial charge in [0.05, 0.1) is 11.5 Å². The van der Waals surface area contributed by atoms with Crippen LogP contribution < -0.4 is 5.32 Å². The Bertz CT molecular complexity index is 216. The van der Waals surface area contributed by atoms with Gasteiger partial charge in [0.1, 0.15) is 0 Å². The van der Waals surface area contributed by atoms with Crippen molar-refractivity contribution in [1.29, 1.82) is 0 Å². The summed E-state index contributed by atoms with van der Waals surface area (Å²) in [6.45, 7) is 2.53. The summed E-state index contributed by atoms with van der Waals surface area (Å²) in [7, 11) is 0. The van der Waals surface area contributed by atoms with Gasteiger partial charge in [0.2, 0.25) is 5.91 Å². The van der Waals surface area contributed by atoms with Crippen LogP contribution in [0.2, 0.25) is 0 Å². The molecule has 0 radical (unpaired) electrons. The number of hydrogen-bond acceptors (Lipinski definition) is 3. The van der Waals surface area contributed by atoms with Crippen molar-refractivity contribution < 1.29 is 14.7 Å². The average molecular weight is 217 g/mol. The van der Waals surface area contributed by atoms with E-state index in [0.717, 1.165) is 18.2 Å². The van der Waals surface area contributed by atoms with Gasteiger partial charge in [-0.15, -0.1) is 11.8 Å². The zero-order chi connectivity index (χ0) is 10.8. The monoisotopic (exact) mass is 217 g/mol. The fraction of sp³-hybridized carbons (Fsp3) is 0.556. The van der Waals surface area contributed by atoms with E-state index in [1.807, 2.05) is 19.1 Å². The molecular formula is C9H15NO3S. The van der Waals surface area contributed by atoms with Gasteiger partial charge in [-0.25, -0.2) is 0 Å². The van der Waals surface area contributed by atoms with E-state index in [-0.39, 0.29) is 17.4 Å². The zero-order valence-corrected chi connectivity index (χ0v) is 8.97. The van der Waals surface area contributed by atoms with Crippen LogP contribution in [-0.2, 0) is 9.59 Å². The smallest absolute Gasteiger partial charge is 0.313 e. The number of hydrogen-bond donors (Lipinski definition) is 2. The minimum absolute atomic E-state index is 0.0255. The molecule has 0 aromatic carbocycles. The van der Waals surface area contributed by atoms with Crippen LogP contribution in [0.25, 0.3) is 0 Å². The number of allylic oxidation sites excluding steroid dienone is 1. The Morgan fingerprint density at radius 2 is 2.14 bits per heavy atom. The molecule has 80 valence electrons. The summed E-state index contributed by atoms with van der Waals surface area (Å²) in [5.41, 5.74) is 0. The highest BCUT2D eigenvalue weighted by atomic mass is 32.2. The molecule has 0 rings (SSSR count). The molecule has 0 unspecified atom stereocenters. The van der Waals surface area contributed by atoms with Gasteiger partial charge in [-0.3, -0.25) is 9.59 Å². The Morgan fingerprint density at radius 1 is 1.43 bits per heavy atom. The summed E-state index contributed by atoms with van der Waals surface area (Å²) in [5, 5.41) is 11.0. The van der Waals surface area contributed by atoms with Gasteiger partial charge in [0, 0.05) is 6.54 Å². The van der Waals surface area contributed by atoms with E-state index in [4.69, 9.17) is 5.11 Å². The van der Waals surface area contributed by atoms with Crippen LogP contribution in [-0.4, -0.2) is 35.0 Å². The second kappa shape index (κ2) is 8.62. The van der Waals surface area contributed by atoms with Crippen LogP contribution in [0.4, 0.5) is 0 Å². The van der Waals surface area contributed by atoms with Gasteiger partial charge in [0.25, 0.3) is 0 Å². The van der Waals surface area contributed by atoms with Crippen LogP contribution in [0.15, 0.2) is 12.2 Å². The number of thioether (sulfide) groups is 1. The fourth-order valence-corrected chi connectivity index (χ4v) is 1.31. The van der Waals surface area contributed by atoms with Gasteiger partial charge in [0.15, 0.2) is 0 Å². The van der Waals surface area contributed by atoms with Crippen molar-refractivity contribution in [3.8, 4) is 0 Å². The molecule has 5 heteroatoms. The van der Waals surface area contributed by atoms with E-state index in [0.29, 0.717) is 6.54 Å². The van der Waals surface area contributed by atoms with Crippen molar-refractivity contribution in [2.24, 2.45) is 0 Å². The molecule has 0 heterocycles. The van der Waals surface area contributed by atoms with Crippen molar-refractivity contribution in [2.75, 3.05) is 18.1 Å². The Kier molecular flexibility index (Phi) is 8.02. The zero-order valence-electron chi connectivity index (χ0n) is 8.16. The first-order valence-corrected chi connectivity index (χ1v) is 5.49. The van der Waals surface area contributed by atoms with Gasteiger partial charge < -0.3 is 10.4 Å². The number of nitrogens with one attached hydrogen (secondary N) is 1. The molecule has 0 aromatic heterocycles. The number of carboxylic acids is 1. The van der Waals surface area contributed by atoms with Gasteiger partial charge >= 0.3 is 5.97 Å². The first-order chi connectivity index (χ1) is 6.66. The summed E-state index contributed by atoms with van der Waals surface area (Å²) < 4.78 is 0. The fourth-order valence-electron chi connectivity index (χ4n) is 0.744. The molecule has 14 heavy (non-hydrogen) atoms. The number of rotatable bonds is 7. The Labute approximate surface area is 87.8 Å². The van der Waals surface area contributed by atoms with Crippen LogP contribution >= 0.6 is 11.8 Å². The lowest BCUT2D eigenvalue weighted by molar-refractivity contribution is -0.133. The molecule has 0 spiro atoms. The SMILES string of the molecule is C/C=C/CCNC(=O)CSCC(=O)O. The van der Waals surface area contributed by atoms with Crippen LogP contribution in [0.5, 0.6) is 0 Å². The third kappa shape index (κ3) is 9.12. The van der Waals surface area contributed by atoms with E-state index in [2.05, 4.69) is 5.32 Å². The van der Waals surface area contributed by atoms with Gasteiger partial charge in [-0.05, 0) is 13.3 Å². The molecule has 0 saturated carbocycles. The second-order valence-electron chi connectivity index (χ2n) is 2.59. The van der Waals surface area contributed by atoms with Crippen molar-refractivity contribution in [2.45, 2.75) is 13.3 Å². The largest absolute Gasteiger partial charge is 0.481 e. The maximum atomic E-state index is 11.0. The van der Waals surface area contributed by atoms with Gasteiger partial charge in [-0.1, -0.05) is 12.2 Å². The molecule has 0 aliphatic heterocycles. The summed E-state index contributed by atoms with van der Waals surface area (Å²) in [5.74, 6) is -0.817. The quantitative estimate of drug-likeness (QED) is 0.491. The van der Waals surface area contributed by atoms with Gasteiger partial charge in [-0.2, -0.15) is 0 Å². The molecule has 1 amide bonds. The normalized spacial score (nSPS) is 10.4. The third-order valence-electron chi connectivity index (χ3n) is 1.33. The van der Waals surface area contributed by atoms with E-state index < -0.39 is 5.97 Å². The molecular weight excluding hydrogens is 202 g/mol. The summed E-state index contributed by atoms with van der Waals surface area (Å²) in [4.78, 5) is 21.2. The summed E-state index contributed by atoms with van der Waals surface area (Å²) in [6.07, 6.45) is 4.70. The van der Waals surface area contributed by atoms with Crippen molar-refractivity contribution in [1.82, 2.24) is 5.32 Å². The average Bonchev–Trinajstić information content (AvgIpc) is 2.12. The second-order valence-corrected chi connectivity index (χ2v) is 3.58. The minimum Gasteiger partial charge on any atom is -0.481 e. The Hall–Kier alpha value is -0.970. The van der Waals surface area contributed by atoms with E-state index in [1.54, 1.807) is 0 Å². The molecule has 0 bridgehead atoms. The maximum absolute atomic E-state index is 11.0. The molecule has 0 fully saturated rings. The topological polar surface area (TPSA) is 66.4 Å². The molecule has 0 saturated heterocycles. The lowest BCUT2D eigenvalue weighted by atomic mass is 10.4. The predicted octanol–water partition coefficient (Wildman–Crippen LogP) is 0.887. The molecule has 4 nitrogen and oxygen atoms in total. The first-order valence-electron chi connectivity index (χ1n) is 4.34. The van der Waals surface area contributed by atoms with Crippen LogP contribution in [0.3, 0.4) is 0 Å². The van der Waals surface area contributed by atoms with Crippen molar-refractivity contribution in [3.63, 3.8) is 0 Å². The summed E-state index contributed by atoms with van der Waals surface area (Å²) >= 11 is 1.10. The molecule has 0 aromatic rings. The highest BCUT2D eigenvalue weighted by molar-refractivity contribution is 8.00. The number of amides is 1. The van der Waals surface area contributed by atoms with E-state index >= 15 is 0 Å². The Balaban J connectivity index is 3.32. The number of aliphatic carboxylic acids is 1. The van der Waals surface area contributed by atoms with Crippen LogP contribution in [0.1, 0.15) is 13.3 Å². The predicted molar refractivity (Wildman–Crippen MR) is 57.4 cm³/mol. The lowest BCUT2D eigenvalue weighted by Gasteiger charge is -2.01. The number of carbonyl (C=O) groups excluding carboxylic acids is 1. The van der Waals surface area contributed by atoms with Crippen LogP contribution in [0, 0.1) is 0 Å². The number of carbonyl (C=O) groups is 2. The highest BCUT2D eigenvalue weighted by Gasteiger charge is 2.02. The third-order valence-corrected chi connectivity index (χ3v) is 2.24. The first kappa shape index (κ1) is 13.0. The minimum atomic E-state index is -0.892. The molecule has 0 aliphatic rings. The standard InChI is InChI=1S/C9H15NO3S/c1-2-3-4-5-10-8(11)6-14-7-9(12)13/h2-3H,4-7H2,1H3,(H,10,11)(H,12,13)/b3-2+. The van der Waals surface area contributed by atoms with E-state index in [1.165, 1.54) is 0 Å². The molecule has 0 atom stereocenters. The maximum Gasteiger partial charge on any atom is 0.313 e. The molecule has 2 N–H and O–H groups in total.